The molecule has 0 bridgehead atoms. The minimum Gasteiger partial charge on any atom is -0.390 e. The Labute approximate surface area is 125 Å². The molecule has 0 spiro atoms. The lowest BCUT2D eigenvalue weighted by Gasteiger charge is -2.29. The van der Waals surface area contributed by atoms with Crippen molar-refractivity contribution in [3.8, 4) is 0 Å². The number of benzene rings is 1. The molecule has 2 amide bonds. The Hall–Kier alpha value is -1.55. The van der Waals surface area contributed by atoms with E-state index in [-0.39, 0.29) is 23.5 Å². The van der Waals surface area contributed by atoms with E-state index in [0.29, 0.717) is 6.42 Å². The van der Waals surface area contributed by atoms with Crippen LogP contribution >= 0.6 is 0 Å². The van der Waals surface area contributed by atoms with Crippen molar-refractivity contribution < 1.29 is 9.90 Å². The van der Waals surface area contributed by atoms with Crippen molar-refractivity contribution in [2.24, 2.45) is 5.41 Å². The number of amides is 2. The zero-order valence-corrected chi connectivity index (χ0v) is 12.7. The molecule has 3 unspecified atom stereocenters. The van der Waals surface area contributed by atoms with Gasteiger partial charge >= 0.3 is 6.03 Å². The molecule has 4 nitrogen and oxygen atoms in total. The zero-order valence-electron chi connectivity index (χ0n) is 12.7. The fourth-order valence-corrected chi connectivity index (χ4v) is 3.68. The quantitative estimate of drug-likeness (QED) is 0.783. The van der Waals surface area contributed by atoms with E-state index >= 15 is 0 Å². The molecule has 114 valence electrons. The Morgan fingerprint density at radius 2 is 2.05 bits per heavy atom. The second kappa shape index (κ2) is 5.34. The van der Waals surface area contributed by atoms with Crippen molar-refractivity contribution in [3.63, 3.8) is 0 Å². The van der Waals surface area contributed by atoms with Gasteiger partial charge in [-0.2, -0.15) is 0 Å². The molecule has 1 fully saturated rings. The van der Waals surface area contributed by atoms with E-state index in [2.05, 4.69) is 24.5 Å². The lowest BCUT2D eigenvalue weighted by molar-refractivity contribution is 0.140. The number of rotatable bonds is 2. The maximum Gasteiger partial charge on any atom is 0.315 e. The molecule has 2 aliphatic carbocycles. The zero-order chi connectivity index (χ0) is 15.0. The molecule has 0 radical (unpaired) electrons. The third-order valence-corrected chi connectivity index (χ3v) is 5.05. The third kappa shape index (κ3) is 2.77. The first kappa shape index (κ1) is 14.4. The summed E-state index contributed by atoms with van der Waals surface area (Å²) in [5.74, 6) is 0. The second-order valence-corrected chi connectivity index (χ2v) is 7.00. The van der Waals surface area contributed by atoms with Crippen LogP contribution in [-0.4, -0.2) is 23.3 Å². The maximum atomic E-state index is 12.3. The molecule has 1 aromatic rings. The van der Waals surface area contributed by atoms with Gasteiger partial charge in [-0.05, 0) is 29.4 Å². The van der Waals surface area contributed by atoms with Crippen LogP contribution < -0.4 is 10.6 Å². The summed E-state index contributed by atoms with van der Waals surface area (Å²) in [6.45, 7) is 4.40. The van der Waals surface area contributed by atoms with Crippen LogP contribution in [0.5, 0.6) is 0 Å². The van der Waals surface area contributed by atoms with E-state index in [0.717, 1.165) is 30.4 Å². The average molecular weight is 288 g/mol. The number of hydrogen-bond acceptors (Lipinski definition) is 2. The van der Waals surface area contributed by atoms with Crippen LogP contribution in [0.1, 0.15) is 50.3 Å². The van der Waals surface area contributed by atoms with Crippen molar-refractivity contribution in [2.45, 2.75) is 57.7 Å². The summed E-state index contributed by atoms with van der Waals surface area (Å²) in [5, 5.41) is 16.2. The molecule has 3 atom stereocenters. The summed E-state index contributed by atoms with van der Waals surface area (Å²) in [5.41, 5.74) is 2.31. The summed E-state index contributed by atoms with van der Waals surface area (Å²) in [4.78, 5) is 12.3. The Morgan fingerprint density at radius 3 is 2.76 bits per heavy atom. The Kier molecular flexibility index (Phi) is 3.66. The number of carbonyl (C=O) groups is 1. The van der Waals surface area contributed by atoms with Gasteiger partial charge in [-0.3, -0.25) is 0 Å². The van der Waals surface area contributed by atoms with Gasteiger partial charge in [0.1, 0.15) is 0 Å². The summed E-state index contributed by atoms with van der Waals surface area (Å²) < 4.78 is 0. The highest BCUT2D eigenvalue weighted by atomic mass is 16.3. The largest absolute Gasteiger partial charge is 0.390 e. The number of carbonyl (C=O) groups excluding carboxylic acids is 1. The van der Waals surface area contributed by atoms with Gasteiger partial charge in [-0.1, -0.05) is 44.5 Å². The minimum absolute atomic E-state index is 0.156. The maximum absolute atomic E-state index is 12.3. The van der Waals surface area contributed by atoms with Crippen LogP contribution in [0.2, 0.25) is 0 Å². The van der Waals surface area contributed by atoms with Gasteiger partial charge in [0.15, 0.2) is 0 Å². The second-order valence-electron chi connectivity index (χ2n) is 7.00. The molecule has 4 heteroatoms. The standard InChI is InChI=1S/C17H24N2O2/c1-17(2)9-5-8-14(17)18-16(21)19-15-12-7-4-3-6-11(12)10-13(15)20/h3-4,6-7,13-15,20H,5,8-10H2,1-2H3,(H2,18,19,21). The Balaban J connectivity index is 1.65. The van der Waals surface area contributed by atoms with E-state index in [1.165, 1.54) is 0 Å². The first-order valence-corrected chi connectivity index (χ1v) is 7.80. The van der Waals surface area contributed by atoms with Crippen molar-refractivity contribution in [1.82, 2.24) is 10.6 Å². The molecular weight excluding hydrogens is 264 g/mol. The van der Waals surface area contributed by atoms with Crippen LogP contribution in [0.25, 0.3) is 0 Å². The molecule has 0 saturated heterocycles. The molecule has 0 heterocycles. The molecule has 3 N–H and O–H groups in total. The van der Waals surface area contributed by atoms with Gasteiger partial charge in [0, 0.05) is 12.5 Å². The number of nitrogens with one attached hydrogen (secondary N) is 2. The minimum atomic E-state index is -0.537. The fraction of sp³-hybridized carbons (Fsp3) is 0.588. The first-order valence-electron chi connectivity index (χ1n) is 7.80. The highest BCUT2D eigenvalue weighted by molar-refractivity contribution is 5.75. The topological polar surface area (TPSA) is 61.4 Å². The highest BCUT2D eigenvalue weighted by Gasteiger charge is 2.37. The number of aliphatic hydroxyl groups is 1. The van der Waals surface area contributed by atoms with Crippen molar-refractivity contribution in [2.75, 3.05) is 0 Å². The van der Waals surface area contributed by atoms with E-state index in [9.17, 15) is 9.90 Å². The summed E-state index contributed by atoms with van der Waals surface area (Å²) in [6.07, 6.45) is 3.41. The number of urea groups is 1. The van der Waals surface area contributed by atoms with Gasteiger partial charge in [-0.15, -0.1) is 0 Å². The SMILES string of the molecule is CC1(C)CCCC1NC(=O)NC1c2ccccc2CC1O. The number of aliphatic hydroxyl groups excluding tert-OH is 1. The molecule has 21 heavy (non-hydrogen) atoms. The van der Waals surface area contributed by atoms with Crippen LogP contribution in [0.15, 0.2) is 24.3 Å². The van der Waals surface area contributed by atoms with Crippen molar-refractivity contribution in [1.29, 1.82) is 0 Å². The third-order valence-electron chi connectivity index (χ3n) is 5.05. The van der Waals surface area contributed by atoms with Gasteiger partial charge < -0.3 is 15.7 Å². The smallest absolute Gasteiger partial charge is 0.315 e. The monoisotopic (exact) mass is 288 g/mol. The molecule has 1 saturated carbocycles. The van der Waals surface area contributed by atoms with Crippen LogP contribution in [-0.2, 0) is 6.42 Å². The lowest BCUT2D eigenvalue weighted by Crippen LogP contribution is -2.48. The average Bonchev–Trinajstić information content (AvgIpc) is 2.91. The van der Waals surface area contributed by atoms with Gasteiger partial charge in [0.2, 0.25) is 0 Å². The molecule has 0 aliphatic heterocycles. The lowest BCUT2D eigenvalue weighted by atomic mass is 9.87. The van der Waals surface area contributed by atoms with Gasteiger partial charge in [-0.25, -0.2) is 4.79 Å². The Bertz CT molecular complexity index is 541. The molecular formula is C17H24N2O2. The van der Waals surface area contributed by atoms with E-state index in [1.807, 2.05) is 24.3 Å². The number of fused-ring (bicyclic) bond motifs is 1. The summed E-state index contributed by atoms with van der Waals surface area (Å²) >= 11 is 0. The first-order chi connectivity index (χ1) is 9.97. The molecule has 1 aromatic carbocycles. The molecule has 3 rings (SSSR count). The van der Waals surface area contributed by atoms with Crippen molar-refractivity contribution in [3.05, 3.63) is 35.4 Å². The predicted octanol–water partition coefficient (Wildman–Crippen LogP) is 2.52. The summed E-state index contributed by atoms with van der Waals surface area (Å²) in [6, 6.07) is 7.65. The van der Waals surface area contributed by atoms with Crippen molar-refractivity contribution >= 4 is 6.03 Å². The van der Waals surface area contributed by atoms with E-state index < -0.39 is 6.10 Å². The normalized spacial score (nSPS) is 30.0. The highest BCUT2D eigenvalue weighted by Crippen LogP contribution is 2.37. The van der Waals surface area contributed by atoms with E-state index in [4.69, 9.17) is 0 Å². The van der Waals surface area contributed by atoms with Crippen LogP contribution in [0.3, 0.4) is 0 Å². The Morgan fingerprint density at radius 1 is 1.29 bits per heavy atom. The molecule has 0 aromatic heterocycles. The fourth-order valence-electron chi connectivity index (χ4n) is 3.68. The van der Waals surface area contributed by atoms with Crippen LogP contribution in [0, 0.1) is 5.41 Å². The summed E-state index contributed by atoms with van der Waals surface area (Å²) in [7, 11) is 0. The van der Waals surface area contributed by atoms with Crippen LogP contribution in [0.4, 0.5) is 4.79 Å². The van der Waals surface area contributed by atoms with Gasteiger partial charge in [0.25, 0.3) is 0 Å². The van der Waals surface area contributed by atoms with Gasteiger partial charge in [0.05, 0.1) is 12.1 Å². The van der Waals surface area contributed by atoms with E-state index in [1.54, 1.807) is 0 Å². The molecule has 2 aliphatic rings. The number of hydrogen-bond donors (Lipinski definition) is 3. The predicted molar refractivity (Wildman–Crippen MR) is 82.0 cm³/mol.